The monoisotopic (exact) mass is 462 g/mol. The Balaban J connectivity index is 1.58. The van der Waals surface area contributed by atoms with Crippen molar-refractivity contribution in [2.24, 2.45) is 0 Å². The fraction of sp³-hybridized carbons (Fsp3) is 0.389. The number of nitrogens with zero attached hydrogens (tertiary/aromatic N) is 1. The molecule has 6 nitrogen and oxygen atoms in total. The maximum Gasteiger partial charge on any atom is 0.433 e. The molecule has 152 valence electrons. The molecule has 0 saturated carbocycles. The van der Waals surface area contributed by atoms with Gasteiger partial charge in [0.2, 0.25) is 0 Å². The zero-order valence-corrected chi connectivity index (χ0v) is 16.0. The van der Waals surface area contributed by atoms with Crippen LogP contribution in [0.5, 0.6) is 5.75 Å². The Morgan fingerprint density at radius 3 is 2.54 bits per heavy atom. The van der Waals surface area contributed by atoms with E-state index >= 15 is 0 Å². The molecule has 3 N–H and O–H groups in total. The Hall–Kier alpha value is -1.88. The largest absolute Gasteiger partial charge is 0.491 e. The van der Waals surface area contributed by atoms with Crippen LogP contribution >= 0.6 is 15.9 Å². The highest BCUT2D eigenvalue weighted by Gasteiger charge is 2.39. The van der Waals surface area contributed by atoms with Crippen molar-refractivity contribution in [3.8, 4) is 5.75 Å². The van der Waals surface area contributed by atoms with Crippen LogP contribution in [0.4, 0.5) is 19.0 Å². The van der Waals surface area contributed by atoms with Gasteiger partial charge in [-0.05, 0) is 36.4 Å². The van der Waals surface area contributed by atoms with Crippen LogP contribution < -0.4 is 10.1 Å². The number of aliphatic hydroxyl groups excluding tert-OH is 2. The van der Waals surface area contributed by atoms with Crippen molar-refractivity contribution in [2.75, 3.05) is 18.5 Å². The molecule has 0 unspecified atom stereocenters. The molecule has 1 aliphatic rings. The highest BCUT2D eigenvalue weighted by atomic mass is 79.9. The van der Waals surface area contributed by atoms with Gasteiger partial charge in [0.05, 0.1) is 12.6 Å². The average Bonchev–Trinajstić information content (AvgIpc) is 2.66. The second-order valence-corrected chi connectivity index (χ2v) is 7.19. The first-order chi connectivity index (χ1) is 13.2. The highest BCUT2D eigenvalue weighted by Crippen LogP contribution is 2.29. The Labute approximate surface area is 167 Å². The Morgan fingerprint density at radius 2 is 1.86 bits per heavy atom. The zero-order chi connectivity index (χ0) is 20.3. The molecule has 2 aromatic rings. The minimum Gasteiger partial charge on any atom is -0.491 e. The van der Waals surface area contributed by atoms with Gasteiger partial charge in [-0.25, -0.2) is 4.98 Å². The Kier molecular flexibility index (Phi) is 6.43. The standard InChI is InChI=1S/C18H18BrF3N2O4/c19-10-4-6-11(7-5-10)27-9-13-17(26)16(25)12(8-28-13)23-15-3-1-2-14(24-15)18(20,21)22/h1-7,12-13,16-17,25-26H,8-9H2,(H,23,24)/t12-,13+,16+,17-/m0/s1. The van der Waals surface area contributed by atoms with Crippen molar-refractivity contribution >= 4 is 21.7 Å². The number of anilines is 1. The molecule has 0 amide bonds. The second kappa shape index (κ2) is 8.64. The van der Waals surface area contributed by atoms with Gasteiger partial charge >= 0.3 is 6.18 Å². The zero-order valence-electron chi connectivity index (χ0n) is 14.4. The second-order valence-electron chi connectivity index (χ2n) is 6.27. The highest BCUT2D eigenvalue weighted by molar-refractivity contribution is 9.10. The Bertz CT molecular complexity index is 791. The van der Waals surface area contributed by atoms with Gasteiger partial charge in [0, 0.05) is 4.47 Å². The fourth-order valence-corrected chi connectivity index (χ4v) is 2.99. The molecule has 3 rings (SSSR count). The van der Waals surface area contributed by atoms with Crippen LogP contribution in [0.25, 0.3) is 0 Å². The van der Waals surface area contributed by atoms with Gasteiger partial charge in [-0.1, -0.05) is 22.0 Å². The first kappa shape index (κ1) is 20.8. The van der Waals surface area contributed by atoms with E-state index in [1.54, 1.807) is 24.3 Å². The minimum absolute atomic E-state index is 0.00832. The number of benzene rings is 1. The molecule has 2 heterocycles. The quantitative estimate of drug-likeness (QED) is 0.633. The Morgan fingerprint density at radius 1 is 1.14 bits per heavy atom. The first-order valence-electron chi connectivity index (χ1n) is 8.41. The van der Waals surface area contributed by atoms with E-state index < -0.39 is 36.2 Å². The molecule has 10 heteroatoms. The van der Waals surface area contributed by atoms with Crippen molar-refractivity contribution in [2.45, 2.75) is 30.5 Å². The molecule has 4 atom stereocenters. The van der Waals surface area contributed by atoms with E-state index in [0.717, 1.165) is 10.5 Å². The van der Waals surface area contributed by atoms with Crippen molar-refractivity contribution in [1.82, 2.24) is 4.98 Å². The van der Waals surface area contributed by atoms with Crippen LogP contribution in [0, 0.1) is 0 Å². The summed E-state index contributed by atoms with van der Waals surface area (Å²) in [7, 11) is 0. The summed E-state index contributed by atoms with van der Waals surface area (Å²) in [6.07, 6.45) is -7.92. The van der Waals surface area contributed by atoms with Crippen molar-refractivity contribution in [3.63, 3.8) is 0 Å². The lowest BCUT2D eigenvalue weighted by Crippen LogP contribution is -2.57. The number of hydrogen-bond donors (Lipinski definition) is 3. The van der Waals surface area contributed by atoms with E-state index in [4.69, 9.17) is 9.47 Å². The molecule has 0 bridgehead atoms. The number of aliphatic hydroxyl groups is 2. The number of aromatic nitrogens is 1. The van der Waals surface area contributed by atoms with Crippen molar-refractivity contribution < 1.29 is 32.9 Å². The third-order valence-corrected chi connectivity index (χ3v) is 4.76. The van der Waals surface area contributed by atoms with Crippen LogP contribution in [-0.2, 0) is 10.9 Å². The lowest BCUT2D eigenvalue weighted by molar-refractivity contribution is -0.150. The maximum absolute atomic E-state index is 12.8. The summed E-state index contributed by atoms with van der Waals surface area (Å²) in [6, 6.07) is 9.64. The third kappa shape index (κ3) is 5.13. The molecular weight excluding hydrogens is 445 g/mol. The summed E-state index contributed by atoms with van der Waals surface area (Å²) in [5.41, 5.74) is -1.05. The lowest BCUT2D eigenvalue weighted by Gasteiger charge is -2.38. The minimum atomic E-state index is -4.58. The molecule has 0 spiro atoms. The molecule has 0 radical (unpaired) electrons. The van der Waals surface area contributed by atoms with Crippen LogP contribution in [0.1, 0.15) is 5.69 Å². The summed E-state index contributed by atoms with van der Waals surface area (Å²) in [5.74, 6) is 0.501. The molecule has 0 aliphatic carbocycles. The van der Waals surface area contributed by atoms with E-state index in [0.29, 0.717) is 5.75 Å². The molecule has 1 aromatic heterocycles. The van der Waals surface area contributed by atoms with Gasteiger partial charge in [0.25, 0.3) is 0 Å². The van der Waals surface area contributed by atoms with Crippen LogP contribution in [0.2, 0.25) is 0 Å². The summed E-state index contributed by atoms with van der Waals surface area (Å²) in [5, 5.41) is 23.3. The van der Waals surface area contributed by atoms with Crippen molar-refractivity contribution in [1.29, 1.82) is 0 Å². The predicted molar refractivity (Wildman–Crippen MR) is 98.0 cm³/mol. The molecule has 1 saturated heterocycles. The number of halogens is 4. The normalized spacial score (nSPS) is 25.4. The maximum atomic E-state index is 12.8. The summed E-state index contributed by atoms with van der Waals surface area (Å²) in [4.78, 5) is 3.49. The van der Waals surface area contributed by atoms with E-state index in [-0.39, 0.29) is 19.0 Å². The molecular formula is C18H18BrF3N2O4. The molecule has 1 aromatic carbocycles. The number of hydrogen-bond acceptors (Lipinski definition) is 6. The van der Waals surface area contributed by atoms with Crippen molar-refractivity contribution in [3.05, 3.63) is 52.6 Å². The van der Waals surface area contributed by atoms with Gasteiger partial charge in [0.15, 0.2) is 0 Å². The smallest absolute Gasteiger partial charge is 0.433 e. The van der Waals surface area contributed by atoms with Gasteiger partial charge in [0.1, 0.15) is 42.2 Å². The molecule has 1 fully saturated rings. The van der Waals surface area contributed by atoms with E-state index in [1.165, 1.54) is 12.1 Å². The number of rotatable bonds is 5. The number of pyridine rings is 1. The van der Waals surface area contributed by atoms with Crippen LogP contribution in [0.3, 0.4) is 0 Å². The van der Waals surface area contributed by atoms with Crippen LogP contribution in [0.15, 0.2) is 46.9 Å². The molecule has 28 heavy (non-hydrogen) atoms. The fourth-order valence-electron chi connectivity index (χ4n) is 2.73. The predicted octanol–water partition coefficient (Wildman–Crippen LogP) is 2.84. The summed E-state index contributed by atoms with van der Waals surface area (Å²) < 4.78 is 50.3. The van der Waals surface area contributed by atoms with E-state index in [1.807, 2.05) is 0 Å². The van der Waals surface area contributed by atoms with E-state index in [2.05, 4.69) is 26.2 Å². The third-order valence-electron chi connectivity index (χ3n) is 4.23. The van der Waals surface area contributed by atoms with Gasteiger partial charge < -0.3 is 25.0 Å². The molecule has 1 aliphatic heterocycles. The SMILES string of the molecule is O[C@@H]1[C@H](O)[C@@H](Nc2cccc(C(F)(F)F)n2)CO[C@@H]1COc1ccc(Br)cc1. The number of nitrogens with one attached hydrogen (secondary N) is 1. The lowest BCUT2D eigenvalue weighted by atomic mass is 9.98. The topological polar surface area (TPSA) is 83.8 Å². The van der Waals surface area contributed by atoms with Gasteiger partial charge in [-0.2, -0.15) is 13.2 Å². The van der Waals surface area contributed by atoms with Gasteiger partial charge in [-0.3, -0.25) is 0 Å². The number of alkyl halides is 3. The summed E-state index contributed by atoms with van der Waals surface area (Å²) >= 11 is 3.31. The first-order valence-corrected chi connectivity index (χ1v) is 9.20. The average molecular weight is 463 g/mol. The van der Waals surface area contributed by atoms with E-state index in [9.17, 15) is 23.4 Å². The number of ether oxygens (including phenoxy) is 2. The van der Waals surface area contributed by atoms with Crippen LogP contribution in [-0.4, -0.2) is 52.8 Å². The summed E-state index contributed by atoms with van der Waals surface area (Å²) in [6.45, 7) is -0.0289. The van der Waals surface area contributed by atoms with Gasteiger partial charge in [-0.15, -0.1) is 0 Å².